The van der Waals surface area contributed by atoms with Crippen molar-refractivity contribution in [1.29, 1.82) is 0 Å². The first-order valence-corrected chi connectivity index (χ1v) is 11.5. The summed E-state index contributed by atoms with van der Waals surface area (Å²) >= 11 is 0. The Labute approximate surface area is 178 Å². The zero-order valence-electron chi connectivity index (χ0n) is 18.2. The standard InChI is InChI=1S/C22H29FN2O4S/c1-14(2)19-12-20(15(3)11-21(19)29-5)16(4)24-22(26)13-25(30(6,27)28)18-9-7-17(23)8-10-18/h7-12,14,16H,13H2,1-6H3,(H,24,26). The van der Waals surface area contributed by atoms with Crippen LogP contribution in [0.5, 0.6) is 5.75 Å². The lowest BCUT2D eigenvalue weighted by Gasteiger charge is -2.24. The van der Waals surface area contributed by atoms with Crippen LogP contribution in [0.15, 0.2) is 36.4 Å². The highest BCUT2D eigenvalue weighted by Crippen LogP contribution is 2.32. The van der Waals surface area contributed by atoms with Crippen molar-refractivity contribution in [2.75, 3.05) is 24.2 Å². The van der Waals surface area contributed by atoms with E-state index in [0.717, 1.165) is 45.1 Å². The number of amides is 1. The number of nitrogens with zero attached hydrogens (tertiary/aromatic N) is 1. The van der Waals surface area contributed by atoms with E-state index >= 15 is 0 Å². The smallest absolute Gasteiger partial charge is 0.241 e. The van der Waals surface area contributed by atoms with Gasteiger partial charge >= 0.3 is 0 Å². The highest BCUT2D eigenvalue weighted by molar-refractivity contribution is 7.92. The van der Waals surface area contributed by atoms with Gasteiger partial charge in [-0.05, 0) is 72.9 Å². The number of ether oxygens (including phenoxy) is 1. The lowest BCUT2D eigenvalue weighted by molar-refractivity contribution is -0.120. The molecule has 0 fully saturated rings. The minimum atomic E-state index is -3.73. The summed E-state index contributed by atoms with van der Waals surface area (Å²) in [5.41, 5.74) is 3.15. The number of aryl methyl sites for hydroxylation is 1. The third kappa shape index (κ3) is 5.72. The van der Waals surface area contributed by atoms with Gasteiger partial charge in [-0.2, -0.15) is 0 Å². The second kappa shape index (κ2) is 9.47. The van der Waals surface area contributed by atoms with Gasteiger partial charge in [0.1, 0.15) is 18.1 Å². The molecule has 0 saturated carbocycles. The lowest BCUT2D eigenvalue weighted by Crippen LogP contribution is -2.41. The number of nitrogens with one attached hydrogen (secondary N) is 1. The highest BCUT2D eigenvalue weighted by atomic mass is 32.2. The molecule has 1 atom stereocenters. The van der Waals surface area contributed by atoms with Crippen molar-refractivity contribution in [2.24, 2.45) is 0 Å². The molecule has 1 amide bonds. The van der Waals surface area contributed by atoms with Crippen LogP contribution in [0.3, 0.4) is 0 Å². The predicted octanol–water partition coefficient (Wildman–Crippen LogP) is 3.91. The van der Waals surface area contributed by atoms with Gasteiger partial charge < -0.3 is 10.1 Å². The van der Waals surface area contributed by atoms with Crippen LogP contribution in [-0.2, 0) is 14.8 Å². The Morgan fingerprint density at radius 3 is 2.23 bits per heavy atom. The summed E-state index contributed by atoms with van der Waals surface area (Å²) in [6.45, 7) is 7.51. The minimum Gasteiger partial charge on any atom is -0.496 e. The number of hydrogen-bond acceptors (Lipinski definition) is 4. The molecular weight excluding hydrogens is 407 g/mol. The van der Waals surface area contributed by atoms with Crippen LogP contribution in [-0.4, -0.2) is 34.2 Å². The number of benzene rings is 2. The van der Waals surface area contributed by atoms with E-state index in [1.165, 1.54) is 12.1 Å². The number of halogens is 1. The molecule has 0 spiro atoms. The van der Waals surface area contributed by atoms with Crippen LogP contribution < -0.4 is 14.4 Å². The molecule has 0 aliphatic heterocycles. The van der Waals surface area contributed by atoms with Crippen molar-refractivity contribution in [2.45, 2.75) is 39.7 Å². The SMILES string of the molecule is COc1cc(C)c(C(C)NC(=O)CN(c2ccc(F)cc2)S(C)(=O)=O)cc1C(C)C. The number of anilines is 1. The summed E-state index contributed by atoms with van der Waals surface area (Å²) in [7, 11) is -2.10. The van der Waals surface area contributed by atoms with E-state index in [-0.39, 0.29) is 17.6 Å². The largest absolute Gasteiger partial charge is 0.496 e. The number of methoxy groups -OCH3 is 1. The first-order chi connectivity index (χ1) is 13.9. The molecule has 1 unspecified atom stereocenters. The summed E-state index contributed by atoms with van der Waals surface area (Å²) in [5, 5.41) is 2.86. The molecule has 164 valence electrons. The molecule has 2 aromatic carbocycles. The first kappa shape index (κ1) is 23.7. The van der Waals surface area contributed by atoms with Crippen molar-refractivity contribution < 1.29 is 22.3 Å². The molecule has 2 aromatic rings. The fraction of sp³-hybridized carbons (Fsp3) is 0.409. The van der Waals surface area contributed by atoms with Crippen LogP contribution in [0, 0.1) is 12.7 Å². The molecule has 8 heteroatoms. The van der Waals surface area contributed by atoms with E-state index in [9.17, 15) is 17.6 Å². The Morgan fingerprint density at radius 1 is 1.13 bits per heavy atom. The van der Waals surface area contributed by atoms with Crippen LogP contribution in [0.25, 0.3) is 0 Å². The fourth-order valence-corrected chi connectivity index (χ4v) is 4.17. The van der Waals surface area contributed by atoms with Crippen LogP contribution >= 0.6 is 0 Å². The average Bonchev–Trinajstić information content (AvgIpc) is 2.65. The van der Waals surface area contributed by atoms with Crippen LogP contribution in [0.2, 0.25) is 0 Å². The summed E-state index contributed by atoms with van der Waals surface area (Å²) in [5.74, 6) is 0.0884. The second-order valence-electron chi connectivity index (χ2n) is 7.64. The number of sulfonamides is 1. The normalized spacial score (nSPS) is 12.5. The second-order valence-corrected chi connectivity index (χ2v) is 9.55. The number of rotatable bonds is 8. The van der Waals surface area contributed by atoms with Gasteiger partial charge in [-0.25, -0.2) is 12.8 Å². The van der Waals surface area contributed by atoms with Gasteiger partial charge in [-0.15, -0.1) is 0 Å². The molecule has 30 heavy (non-hydrogen) atoms. The van der Waals surface area contributed by atoms with Crippen LogP contribution in [0.4, 0.5) is 10.1 Å². The predicted molar refractivity (Wildman–Crippen MR) is 117 cm³/mol. The summed E-state index contributed by atoms with van der Waals surface area (Å²) in [6, 6.07) is 8.58. The maximum atomic E-state index is 13.2. The maximum absolute atomic E-state index is 13.2. The van der Waals surface area contributed by atoms with E-state index in [4.69, 9.17) is 4.74 Å². The Bertz CT molecular complexity index is 1000. The Hall–Kier alpha value is -2.61. The van der Waals surface area contributed by atoms with Gasteiger partial charge in [-0.3, -0.25) is 9.10 Å². The summed E-state index contributed by atoms with van der Waals surface area (Å²) in [4.78, 5) is 12.7. The number of carbonyl (C=O) groups excluding carboxylic acids is 1. The average molecular weight is 437 g/mol. The maximum Gasteiger partial charge on any atom is 0.241 e. The van der Waals surface area contributed by atoms with Gasteiger partial charge in [-0.1, -0.05) is 13.8 Å². The molecule has 2 rings (SSSR count). The Kier molecular flexibility index (Phi) is 7.47. The fourth-order valence-electron chi connectivity index (χ4n) is 3.31. The molecule has 0 aromatic heterocycles. The molecular formula is C22H29FN2O4S. The lowest BCUT2D eigenvalue weighted by atomic mass is 9.93. The summed E-state index contributed by atoms with van der Waals surface area (Å²) < 4.78 is 44.0. The van der Waals surface area contributed by atoms with E-state index in [0.29, 0.717) is 0 Å². The molecule has 0 aliphatic rings. The van der Waals surface area contributed by atoms with Gasteiger partial charge in [0.05, 0.1) is 25.1 Å². The Morgan fingerprint density at radius 2 is 1.73 bits per heavy atom. The van der Waals surface area contributed by atoms with E-state index in [1.54, 1.807) is 7.11 Å². The third-order valence-corrected chi connectivity index (χ3v) is 6.03. The van der Waals surface area contributed by atoms with Gasteiger partial charge in [0.2, 0.25) is 15.9 Å². The zero-order valence-corrected chi connectivity index (χ0v) is 19.0. The molecule has 0 bridgehead atoms. The van der Waals surface area contributed by atoms with E-state index in [2.05, 4.69) is 19.2 Å². The monoisotopic (exact) mass is 436 g/mol. The quantitative estimate of drug-likeness (QED) is 0.681. The molecule has 0 saturated heterocycles. The Balaban J connectivity index is 2.24. The number of carbonyl (C=O) groups is 1. The topological polar surface area (TPSA) is 75.7 Å². The zero-order chi connectivity index (χ0) is 22.6. The molecule has 6 nitrogen and oxygen atoms in total. The van der Waals surface area contributed by atoms with Crippen LogP contribution in [0.1, 0.15) is 49.4 Å². The highest BCUT2D eigenvalue weighted by Gasteiger charge is 2.23. The van der Waals surface area contributed by atoms with E-state index in [1.807, 2.05) is 26.0 Å². The number of hydrogen-bond donors (Lipinski definition) is 1. The van der Waals surface area contributed by atoms with Crippen molar-refractivity contribution in [3.05, 3.63) is 58.9 Å². The molecule has 0 aliphatic carbocycles. The molecule has 0 heterocycles. The van der Waals surface area contributed by atoms with Gasteiger partial charge in [0, 0.05) is 0 Å². The minimum absolute atomic E-state index is 0.226. The summed E-state index contributed by atoms with van der Waals surface area (Å²) in [6.07, 6.45) is 1.01. The van der Waals surface area contributed by atoms with Crippen molar-refractivity contribution >= 4 is 21.6 Å². The van der Waals surface area contributed by atoms with Crippen molar-refractivity contribution in [1.82, 2.24) is 5.32 Å². The molecule has 0 radical (unpaired) electrons. The molecule has 1 N–H and O–H groups in total. The first-order valence-electron chi connectivity index (χ1n) is 9.65. The van der Waals surface area contributed by atoms with Crippen molar-refractivity contribution in [3.63, 3.8) is 0 Å². The van der Waals surface area contributed by atoms with Gasteiger partial charge in [0.15, 0.2) is 0 Å². The third-order valence-electron chi connectivity index (χ3n) is 4.89. The van der Waals surface area contributed by atoms with Gasteiger partial charge in [0.25, 0.3) is 0 Å². The van der Waals surface area contributed by atoms with Crippen molar-refractivity contribution in [3.8, 4) is 5.75 Å². The van der Waals surface area contributed by atoms with E-state index < -0.39 is 28.3 Å².